The molecule has 386 valence electrons. The number of unbranched alkanes of at least 4 members (excludes halogenated alkanes) is 13. The van der Waals surface area contributed by atoms with E-state index < -0.39 is 71.0 Å². The molecule has 64 heavy (non-hydrogen) atoms. The zero-order valence-corrected chi connectivity index (χ0v) is 52.1. The molecule has 0 aromatic rings. The van der Waals surface area contributed by atoms with Crippen LogP contribution in [0.5, 0.6) is 0 Å². The van der Waals surface area contributed by atoms with Gasteiger partial charge in [0, 0.05) is 110 Å². The van der Waals surface area contributed by atoms with Crippen LogP contribution in [-0.4, -0.2) is 140 Å². The van der Waals surface area contributed by atoms with Crippen molar-refractivity contribution < 1.29 is 56.4 Å². The van der Waals surface area contributed by atoms with E-state index in [0.29, 0.717) is 0 Å². The highest BCUT2D eigenvalue weighted by Gasteiger charge is 2.53. The molecule has 1 unspecified atom stereocenters. The fourth-order valence-corrected chi connectivity index (χ4v) is 33.9. The van der Waals surface area contributed by atoms with Gasteiger partial charge in [-0.25, -0.2) is 0 Å². The molecule has 0 radical (unpaired) electrons. The second-order valence-electron chi connectivity index (χ2n) is 19.3. The molecule has 1 atom stereocenters. The standard InChI is InChI=1S/C43H102O13SSi7/c1-17-18-19-20-26-29-35-57(44)36-30-27-24-22-21-23-25-28-31-40-64(54-58(11,12)37-32-41-61(45-2,46-3)47-4,55-59(13,14)38-33-42-62(48-5,49-6)50-7)56-60(15,16)39-34-43-63(51-8,52-9)53-10/h17-43H2,1-16H3. The molecule has 0 saturated heterocycles. The van der Waals surface area contributed by atoms with Gasteiger partial charge in [0.1, 0.15) is 0 Å². The van der Waals surface area contributed by atoms with E-state index in [1.807, 2.05) is 0 Å². The summed E-state index contributed by atoms with van der Waals surface area (Å²) in [5, 5.41) is 0. The molecular formula is C43H102O13SSi7. The van der Waals surface area contributed by atoms with Crippen LogP contribution < -0.4 is 0 Å². The quantitative estimate of drug-likeness (QED) is 0.0424. The Morgan fingerprint density at radius 1 is 0.297 bits per heavy atom. The normalized spacial score (nSPS) is 14.2. The molecule has 0 saturated carbocycles. The van der Waals surface area contributed by atoms with Crippen LogP contribution in [0.4, 0.5) is 0 Å². The monoisotopic (exact) mass is 1050 g/mol. The van der Waals surface area contributed by atoms with E-state index in [1.54, 1.807) is 64.0 Å². The molecule has 13 nitrogen and oxygen atoms in total. The van der Waals surface area contributed by atoms with Gasteiger partial charge in [-0.15, -0.1) is 0 Å². The Labute approximate surface area is 404 Å². The van der Waals surface area contributed by atoms with Gasteiger partial charge in [-0.1, -0.05) is 84.0 Å². The SMILES string of the molecule is CCCCCCCCS(=O)CCCCCCCCCCC[Si](O[Si](C)(C)CCC[Si](OC)(OC)OC)(O[Si](C)(C)CCC[Si](OC)(OC)OC)O[Si](C)(C)CCC[Si](OC)(OC)OC. The second-order valence-corrected chi connectivity index (χ2v) is 46.6. The largest absolute Gasteiger partial charge is 0.500 e. The third kappa shape index (κ3) is 28.1. The van der Waals surface area contributed by atoms with Crippen molar-refractivity contribution in [2.75, 3.05) is 75.5 Å². The highest BCUT2D eigenvalue weighted by molar-refractivity contribution is 7.84. The summed E-state index contributed by atoms with van der Waals surface area (Å²) in [5.74, 6) is 1.75. The Balaban J connectivity index is 6.09. The highest BCUT2D eigenvalue weighted by atomic mass is 32.2. The lowest BCUT2D eigenvalue weighted by Crippen LogP contribution is -2.62. The third-order valence-corrected chi connectivity index (χ3v) is 38.4. The maximum absolute atomic E-state index is 12.5. The van der Waals surface area contributed by atoms with Crippen LogP contribution in [0.25, 0.3) is 0 Å². The minimum absolute atomic E-state index is 0.650. The van der Waals surface area contributed by atoms with E-state index in [2.05, 4.69) is 46.2 Å². The van der Waals surface area contributed by atoms with E-state index >= 15 is 0 Å². The molecule has 0 spiro atoms. The summed E-state index contributed by atoms with van der Waals surface area (Å²) < 4.78 is 87.4. The molecule has 0 aromatic heterocycles. The Kier molecular flexibility index (Phi) is 36.0. The zero-order valence-electron chi connectivity index (χ0n) is 44.3. The first kappa shape index (κ1) is 65.2. The van der Waals surface area contributed by atoms with Crippen molar-refractivity contribution in [3.05, 3.63) is 0 Å². The average Bonchev–Trinajstić information content (AvgIpc) is 3.25. The van der Waals surface area contributed by atoms with Crippen LogP contribution in [0, 0.1) is 0 Å². The molecule has 0 bridgehead atoms. The molecule has 0 aromatic carbocycles. The van der Waals surface area contributed by atoms with E-state index in [4.69, 9.17) is 52.2 Å². The first-order chi connectivity index (χ1) is 30.2. The van der Waals surface area contributed by atoms with Crippen LogP contribution in [-0.2, 0) is 63.0 Å². The van der Waals surface area contributed by atoms with Crippen molar-refractivity contribution in [2.24, 2.45) is 0 Å². The maximum Gasteiger partial charge on any atom is 0.500 e. The van der Waals surface area contributed by atoms with Gasteiger partial charge in [-0.3, -0.25) is 4.21 Å². The van der Waals surface area contributed by atoms with Crippen molar-refractivity contribution in [3.63, 3.8) is 0 Å². The number of hydrogen-bond acceptors (Lipinski definition) is 13. The van der Waals surface area contributed by atoms with Crippen LogP contribution in [0.2, 0.25) is 81.6 Å². The van der Waals surface area contributed by atoms with Gasteiger partial charge in [0.05, 0.1) is 0 Å². The van der Waals surface area contributed by atoms with Gasteiger partial charge in [0.25, 0.3) is 0 Å². The van der Waals surface area contributed by atoms with Gasteiger partial charge in [0.15, 0.2) is 25.0 Å². The molecular weight excluding hydrogens is 953 g/mol. The molecule has 0 aliphatic heterocycles. The lowest BCUT2D eigenvalue weighted by Gasteiger charge is -2.45. The van der Waals surface area contributed by atoms with Gasteiger partial charge >= 0.3 is 35.2 Å². The summed E-state index contributed by atoms with van der Waals surface area (Å²) in [6.07, 6.45) is 20.7. The van der Waals surface area contributed by atoms with Gasteiger partial charge in [0.2, 0.25) is 0 Å². The molecule has 21 heteroatoms. The van der Waals surface area contributed by atoms with Crippen molar-refractivity contribution in [2.45, 2.75) is 204 Å². The van der Waals surface area contributed by atoms with Crippen molar-refractivity contribution in [3.8, 4) is 0 Å². The van der Waals surface area contributed by atoms with Crippen LogP contribution in [0.1, 0.15) is 122 Å². The summed E-state index contributed by atoms with van der Waals surface area (Å²) in [7, 11) is -4.10. The summed E-state index contributed by atoms with van der Waals surface area (Å²) in [6, 6.07) is 5.70. The third-order valence-electron chi connectivity index (χ3n) is 12.5. The minimum atomic E-state index is -3.27. The molecule has 0 N–H and O–H groups in total. The molecule has 0 aliphatic rings. The maximum atomic E-state index is 12.5. The summed E-state index contributed by atoms with van der Waals surface area (Å²) in [4.78, 5) is 0. The average molecular weight is 1060 g/mol. The molecule has 0 amide bonds. The smallest absolute Gasteiger partial charge is 0.417 e. The first-order valence-corrected chi connectivity index (χ1v) is 43.2. The van der Waals surface area contributed by atoms with E-state index in [1.165, 1.54) is 70.6 Å². The second kappa shape index (κ2) is 35.3. The van der Waals surface area contributed by atoms with Crippen LogP contribution in [0.3, 0.4) is 0 Å². The van der Waals surface area contributed by atoms with Crippen LogP contribution >= 0.6 is 0 Å². The molecule has 0 rings (SSSR count). The summed E-state index contributed by atoms with van der Waals surface area (Å²) >= 11 is 0. The fourth-order valence-electron chi connectivity index (χ4n) is 8.48. The Hall–Kier alpha value is 1.19. The molecule has 0 aliphatic carbocycles. The Morgan fingerprint density at radius 2 is 0.531 bits per heavy atom. The predicted molar refractivity (Wildman–Crippen MR) is 282 cm³/mol. The van der Waals surface area contributed by atoms with Gasteiger partial charge in [-0.2, -0.15) is 0 Å². The van der Waals surface area contributed by atoms with E-state index in [9.17, 15) is 4.21 Å². The highest BCUT2D eigenvalue weighted by Crippen LogP contribution is 2.37. The molecule has 0 fully saturated rings. The summed E-state index contributed by atoms with van der Waals surface area (Å²) in [6.45, 7) is 16.2. The van der Waals surface area contributed by atoms with Crippen LogP contribution in [0.15, 0.2) is 0 Å². The predicted octanol–water partition coefficient (Wildman–Crippen LogP) is 12.0. The van der Waals surface area contributed by atoms with Crippen molar-refractivity contribution in [1.82, 2.24) is 0 Å². The fraction of sp³-hybridized carbons (Fsp3) is 1.00. The minimum Gasteiger partial charge on any atom is -0.417 e. The van der Waals surface area contributed by atoms with Gasteiger partial charge in [-0.05, 0) is 95.9 Å². The Bertz CT molecular complexity index is 1050. The lowest BCUT2D eigenvalue weighted by molar-refractivity contribution is 0.123. The Morgan fingerprint density at radius 3 is 0.797 bits per heavy atom. The van der Waals surface area contributed by atoms with E-state index in [-0.39, 0.29) is 0 Å². The number of rotatable bonds is 46. The zero-order chi connectivity index (χ0) is 48.7. The lowest BCUT2D eigenvalue weighted by atomic mass is 10.1. The topological polar surface area (TPSA) is 128 Å². The summed E-state index contributed by atoms with van der Waals surface area (Å²) in [5.41, 5.74) is 0. The van der Waals surface area contributed by atoms with Gasteiger partial charge < -0.3 is 52.2 Å². The van der Waals surface area contributed by atoms with Crippen molar-refractivity contribution in [1.29, 1.82) is 0 Å². The van der Waals surface area contributed by atoms with Crippen molar-refractivity contribution >= 4 is 71.0 Å². The number of hydrogen-bond donors (Lipinski definition) is 0. The van der Waals surface area contributed by atoms with E-state index in [0.717, 1.165) is 98.8 Å². The molecule has 0 heterocycles. The first-order valence-electron chi connectivity index (χ1n) is 24.7.